The van der Waals surface area contributed by atoms with Crippen molar-refractivity contribution < 1.29 is 14.4 Å². The summed E-state index contributed by atoms with van der Waals surface area (Å²) < 4.78 is 5.13. The van der Waals surface area contributed by atoms with Crippen molar-refractivity contribution in [2.75, 3.05) is 13.2 Å². The lowest BCUT2D eigenvalue weighted by Crippen LogP contribution is -2.42. The molecule has 3 rings (SSSR count). The van der Waals surface area contributed by atoms with Gasteiger partial charge >= 0.3 is 6.09 Å². The topological polar surface area (TPSA) is 50.8 Å². The first kappa shape index (κ1) is 7.58. The Labute approximate surface area is 75.9 Å². The van der Waals surface area contributed by atoms with Crippen molar-refractivity contribution in [2.24, 2.45) is 5.92 Å². The first-order valence-corrected chi connectivity index (χ1v) is 4.62. The Kier molecular flexibility index (Phi) is 1.38. The highest BCUT2D eigenvalue weighted by Crippen LogP contribution is 2.35. The van der Waals surface area contributed by atoms with Crippen molar-refractivity contribution in [3.63, 3.8) is 0 Å². The summed E-state index contributed by atoms with van der Waals surface area (Å²) in [5.74, 6) is 0.445. The summed E-state index contributed by atoms with van der Waals surface area (Å²) in [6.07, 6.45) is -0.189. The standard InChI is InChI=1S/C8H12N2O3/c1-4-7-6-5(3-12-9-6)2-10(7)8(11)13-4/h4-7,9H,2-3H2,1H3/t4-,5+,6-,7+/m1/s1. The molecule has 5 heteroatoms. The summed E-state index contributed by atoms with van der Waals surface area (Å²) in [7, 11) is 0. The zero-order chi connectivity index (χ0) is 9.00. The Balaban J connectivity index is 1.90. The summed E-state index contributed by atoms with van der Waals surface area (Å²) in [6.45, 7) is 3.41. The number of amides is 1. The number of hydroxylamine groups is 1. The molecule has 0 aliphatic carbocycles. The third kappa shape index (κ3) is 0.858. The summed E-state index contributed by atoms with van der Waals surface area (Å²) in [6, 6.07) is 0.432. The molecule has 0 aromatic carbocycles. The van der Waals surface area contributed by atoms with Crippen molar-refractivity contribution in [3.05, 3.63) is 0 Å². The second kappa shape index (κ2) is 2.36. The quantitative estimate of drug-likeness (QED) is 0.563. The van der Waals surface area contributed by atoms with Crippen molar-refractivity contribution in [3.8, 4) is 0 Å². The lowest BCUT2D eigenvalue weighted by molar-refractivity contribution is 0.0633. The van der Waals surface area contributed by atoms with Gasteiger partial charge in [0.1, 0.15) is 6.10 Å². The first-order valence-electron chi connectivity index (χ1n) is 4.62. The minimum atomic E-state index is -0.172. The molecule has 0 aromatic heterocycles. The molecule has 3 saturated heterocycles. The predicted octanol–water partition coefficient (Wildman–Crippen LogP) is -0.271. The van der Waals surface area contributed by atoms with E-state index in [4.69, 9.17) is 9.57 Å². The van der Waals surface area contributed by atoms with Crippen LogP contribution in [-0.2, 0) is 9.57 Å². The monoisotopic (exact) mass is 184 g/mol. The van der Waals surface area contributed by atoms with E-state index < -0.39 is 0 Å². The lowest BCUT2D eigenvalue weighted by atomic mass is 9.99. The second-order valence-corrected chi connectivity index (χ2v) is 3.95. The van der Waals surface area contributed by atoms with E-state index in [1.165, 1.54) is 0 Å². The van der Waals surface area contributed by atoms with E-state index in [1.54, 1.807) is 0 Å². The first-order chi connectivity index (χ1) is 6.27. The van der Waals surface area contributed by atoms with Crippen LogP contribution in [0.5, 0.6) is 0 Å². The van der Waals surface area contributed by atoms with Crippen LogP contribution in [0, 0.1) is 5.92 Å². The number of nitrogens with zero attached hydrogens (tertiary/aromatic N) is 1. The molecule has 3 heterocycles. The zero-order valence-electron chi connectivity index (χ0n) is 7.40. The molecular weight excluding hydrogens is 172 g/mol. The molecule has 0 radical (unpaired) electrons. The third-order valence-corrected chi connectivity index (χ3v) is 3.19. The van der Waals surface area contributed by atoms with Gasteiger partial charge in [-0.3, -0.25) is 4.90 Å². The Morgan fingerprint density at radius 1 is 1.62 bits per heavy atom. The van der Waals surface area contributed by atoms with Gasteiger partial charge < -0.3 is 9.57 Å². The molecule has 72 valence electrons. The molecule has 0 spiro atoms. The van der Waals surface area contributed by atoms with E-state index in [0.29, 0.717) is 12.5 Å². The fraction of sp³-hybridized carbons (Fsp3) is 0.875. The van der Waals surface area contributed by atoms with Crippen LogP contribution in [0.1, 0.15) is 6.92 Å². The highest BCUT2D eigenvalue weighted by molar-refractivity contribution is 5.71. The van der Waals surface area contributed by atoms with Gasteiger partial charge in [-0.05, 0) is 6.92 Å². The van der Waals surface area contributed by atoms with E-state index >= 15 is 0 Å². The number of nitrogens with one attached hydrogen (secondary N) is 1. The molecule has 4 atom stereocenters. The minimum Gasteiger partial charge on any atom is -0.444 e. The highest BCUT2D eigenvalue weighted by Gasteiger charge is 2.54. The molecule has 0 unspecified atom stereocenters. The van der Waals surface area contributed by atoms with Crippen LogP contribution in [0.3, 0.4) is 0 Å². The SMILES string of the molecule is C[C@H]1OC(=O)N2C[C@H]3CON[C@H]3[C@H]12. The van der Waals surface area contributed by atoms with Gasteiger partial charge in [0.2, 0.25) is 0 Å². The molecule has 0 aromatic rings. The smallest absolute Gasteiger partial charge is 0.410 e. The average Bonchev–Trinajstić information content (AvgIpc) is 2.63. The Hall–Kier alpha value is -0.810. The van der Waals surface area contributed by atoms with Crippen LogP contribution in [-0.4, -0.2) is 42.3 Å². The maximum atomic E-state index is 11.3. The summed E-state index contributed by atoms with van der Waals surface area (Å²) >= 11 is 0. The Bertz CT molecular complexity index is 258. The largest absolute Gasteiger partial charge is 0.444 e. The van der Waals surface area contributed by atoms with Gasteiger partial charge in [-0.2, -0.15) is 5.48 Å². The molecule has 0 saturated carbocycles. The number of ether oxygens (including phenoxy) is 1. The summed E-state index contributed by atoms with van der Waals surface area (Å²) in [5.41, 5.74) is 2.97. The van der Waals surface area contributed by atoms with Crippen molar-refractivity contribution in [1.29, 1.82) is 0 Å². The van der Waals surface area contributed by atoms with Gasteiger partial charge in [-0.15, -0.1) is 0 Å². The normalized spacial score (nSPS) is 47.8. The molecule has 1 amide bonds. The molecule has 3 fully saturated rings. The van der Waals surface area contributed by atoms with E-state index in [2.05, 4.69) is 5.48 Å². The van der Waals surface area contributed by atoms with Crippen molar-refractivity contribution in [1.82, 2.24) is 10.4 Å². The second-order valence-electron chi connectivity index (χ2n) is 3.95. The zero-order valence-corrected chi connectivity index (χ0v) is 7.40. The van der Waals surface area contributed by atoms with Crippen molar-refractivity contribution in [2.45, 2.75) is 25.1 Å². The number of carbonyl (C=O) groups excluding carboxylic acids is 1. The Morgan fingerprint density at radius 3 is 3.31 bits per heavy atom. The predicted molar refractivity (Wildman–Crippen MR) is 42.8 cm³/mol. The van der Waals surface area contributed by atoms with Crippen LogP contribution < -0.4 is 5.48 Å². The van der Waals surface area contributed by atoms with Crippen LogP contribution in [0.15, 0.2) is 0 Å². The van der Waals surface area contributed by atoms with Crippen LogP contribution in [0.4, 0.5) is 4.79 Å². The number of rotatable bonds is 0. The number of hydrogen-bond donors (Lipinski definition) is 1. The molecule has 5 nitrogen and oxygen atoms in total. The van der Waals surface area contributed by atoms with E-state index in [0.717, 1.165) is 6.54 Å². The van der Waals surface area contributed by atoms with Crippen LogP contribution in [0.25, 0.3) is 0 Å². The molecule has 3 aliphatic heterocycles. The maximum absolute atomic E-state index is 11.3. The van der Waals surface area contributed by atoms with Gasteiger partial charge in [0.05, 0.1) is 18.7 Å². The van der Waals surface area contributed by atoms with E-state index in [-0.39, 0.29) is 24.3 Å². The van der Waals surface area contributed by atoms with E-state index in [1.807, 2.05) is 11.8 Å². The molecule has 13 heavy (non-hydrogen) atoms. The van der Waals surface area contributed by atoms with Gasteiger partial charge in [-0.25, -0.2) is 4.79 Å². The van der Waals surface area contributed by atoms with Gasteiger partial charge in [0, 0.05) is 12.5 Å². The fourth-order valence-electron chi connectivity index (χ4n) is 2.57. The van der Waals surface area contributed by atoms with Crippen LogP contribution in [0.2, 0.25) is 0 Å². The Morgan fingerprint density at radius 2 is 2.46 bits per heavy atom. The minimum absolute atomic E-state index is 0.0169. The van der Waals surface area contributed by atoms with Crippen molar-refractivity contribution >= 4 is 6.09 Å². The third-order valence-electron chi connectivity index (χ3n) is 3.19. The fourth-order valence-corrected chi connectivity index (χ4v) is 2.57. The van der Waals surface area contributed by atoms with E-state index in [9.17, 15) is 4.79 Å². The highest BCUT2D eigenvalue weighted by atomic mass is 16.7. The lowest BCUT2D eigenvalue weighted by Gasteiger charge is -2.18. The molecule has 1 N–H and O–H groups in total. The maximum Gasteiger partial charge on any atom is 0.410 e. The molecule has 0 bridgehead atoms. The number of carbonyl (C=O) groups is 1. The number of cyclic esters (lactones) is 1. The molecular formula is C8H12N2O3. The van der Waals surface area contributed by atoms with Crippen LogP contribution >= 0.6 is 0 Å². The molecule has 3 aliphatic rings. The summed E-state index contributed by atoms with van der Waals surface area (Å²) in [5, 5.41) is 0. The van der Waals surface area contributed by atoms with Gasteiger partial charge in [0.15, 0.2) is 0 Å². The number of fused-ring (bicyclic) bond motifs is 3. The average molecular weight is 184 g/mol. The number of hydrogen-bond acceptors (Lipinski definition) is 4. The van der Waals surface area contributed by atoms with Gasteiger partial charge in [0.25, 0.3) is 0 Å². The summed E-state index contributed by atoms with van der Waals surface area (Å²) in [4.78, 5) is 18.3. The van der Waals surface area contributed by atoms with Gasteiger partial charge in [-0.1, -0.05) is 0 Å².